The van der Waals surface area contributed by atoms with Gasteiger partial charge in [-0.3, -0.25) is 9.69 Å². The summed E-state index contributed by atoms with van der Waals surface area (Å²) in [5.74, 6) is -2.20. The number of carbonyl (C=O) groups excluding carboxylic acids is 1. The largest absolute Gasteiger partial charge is 0.478 e. The van der Waals surface area contributed by atoms with Gasteiger partial charge in [-0.05, 0) is 55.6 Å². The molecule has 0 aromatic heterocycles. The monoisotopic (exact) mass is 497 g/mol. The van der Waals surface area contributed by atoms with Gasteiger partial charge in [-0.1, -0.05) is 35.5 Å². The lowest BCUT2D eigenvalue weighted by molar-refractivity contribution is -0.134. The van der Waals surface area contributed by atoms with Crippen LogP contribution in [0.1, 0.15) is 34.3 Å². The number of rotatable bonds is 7. The Labute approximate surface area is 207 Å². The molecule has 10 heteroatoms. The normalized spacial score (nSPS) is 16.5. The number of aliphatic carboxylic acids is 2. The van der Waals surface area contributed by atoms with E-state index in [4.69, 9.17) is 10.2 Å². The van der Waals surface area contributed by atoms with Crippen molar-refractivity contribution < 1.29 is 34.2 Å². The molecule has 2 aromatic carbocycles. The average Bonchev–Trinajstić information content (AvgIpc) is 3.18. The first-order valence-electron chi connectivity index (χ1n) is 11.5. The van der Waals surface area contributed by atoms with Crippen LogP contribution in [0.3, 0.4) is 0 Å². The van der Waals surface area contributed by atoms with Crippen LogP contribution in [-0.4, -0.2) is 75.0 Å². The second-order valence-corrected chi connectivity index (χ2v) is 8.63. The Kier molecular flexibility index (Phi) is 9.29. The van der Waals surface area contributed by atoms with Crippen LogP contribution < -0.4 is 0 Å². The van der Waals surface area contributed by atoms with Gasteiger partial charge < -0.3 is 20.3 Å². The zero-order valence-corrected chi connectivity index (χ0v) is 19.6. The Morgan fingerprint density at radius 1 is 1.00 bits per heavy atom. The molecule has 2 aliphatic rings. The molecule has 1 fully saturated rings. The summed E-state index contributed by atoms with van der Waals surface area (Å²) in [6.45, 7) is 3.81. The van der Waals surface area contributed by atoms with Crippen LogP contribution in [0.5, 0.6) is 0 Å². The molecule has 0 bridgehead atoms. The van der Waals surface area contributed by atoms with Crippen LogP contribution in [0.25, 0.3) is 0 Å². The predicted octanol–water partition coefficient (Wildman–Crippen LogP) is 3.08. The summed E-state index contributed by atoms with van der Waals surface area (Å²) in [5.41, 5.74) is 3.23. The lowest BCUT2D eigenvalue weighted by Gasteiger charge is -2.33. The number of oxime groups is 1. The summed E-state index contributed by atoms with van der Waals surface area (Å²) in [6.07, 6.45) is 3.12. The van der Waals surface area contributed by atoms with Gasteiger partial charge in [0.25, 0.3) is 5.91 Å². The highest BCUT2D eigenvalue weighted by Gasteiger charge is 2.30. The summed E-state index contributed by atoms with van der Waals surface area (Å²) in [6, 6.07) is 13.8. The molecular formula is C26H28FN3O6. The molecule has 190 valence electrons. The first kappa shape index (κ1) is 26.6. The fraction of sp³-hybridized carbons (Fsp3) is 0.308. The highest BCUT2D eigenvalue weighted by atomic mass is 19.1. The number of likely N-dealkylation sites (tertiary alicyclic amines) is 1. The van der Waals surface area contributed by atoms with Crippen LogP contribution in [0.15, 0.2) is 65.8 Å². The van der Waals surface area contributed by atoms with Crippen molar-refractivity contribution in [3.8, 4) is 0 Å². The van der Waals surface area contributed by atoms with Gasteiger partial charge in [0, 0.05) is 42.9 Å². The first-order valence-corrected chi connectivity index (χ1v) is 11.5. The van der Waals surface area contributed by atoms with Crippen LogP contribution in [0.4, 0.5) is 4.39 Å². The fourth-order valence-corrected chi connectivity index (χ4v) is 4.28. The van der Waals surface area contributed by atoms with E-state index in [0.29, 0.717) is 36.9 Å². The maximum atomic E-state index is 13.1. The van der Waals surface area contributed by atoms with E-state index in [1.807, 2.05) is 29.2 Å². The third kappa shape index (κ3) is 7.47. The molecule has 1 amide bonds. The molecule has 0 radical (unpaired) electrons. The van der Waals surface area contributed by atoms with E-state index in [-0.39, 0.29) is 11.7 Å². The maximum absolute atomic E-state index is 13.1. The average molecular weight is 498 g/mol. The minimum atomic E-state index is -1.26. The van der Waals surface area contributed by atoms with E-state index in [9.17, 15) is 24.0 Å². The molecule has 2 aliphatic heterocycles. The predicted molar refractivity (Wildman–Crippen MR) is 129 cm³/mol. The number of amides is 1. The number of nitrogens with zero attached hydrogens (tertiary/aromatic N) is 3. The Morgan fingerprint density at radius 2 is 1.61 bits per heavy atom. The van der Waals surface area contributed by atoms with Crippen molar-refractivity contribution in [2.45, 2.75) is 19.4 Å². The molecule has 0 aliphatic carbocycles. The molecule has 0 spiro atoms. The molecule has 3 N–H and O–H groups in total. The number of fused-ring (bicyclic) bond motifs is 1. The van der Waals surface area contributed by atoms with Gasteiger partial charge >= 0.3 is 11.9 Å². The van der Waals surface area contributed by atoms with Gasteiger partial charge in [-0.2, -0.15) is 0 Å². The second kappa shape index (κ2) is 12.6. The quantitative estimate of drug-likeness (QED) is 0.232. The molecule has 2 aromatic rings. The van der Waals surface area contributed by atoms with E-state index >= 15 is 0 Å². The molecular weight excluding hydrogens is 469 g/mol. The van der Waals surface area contributed by atoms with Crippen molar-refractivity contribution in [3.05, 3.63) is 83.2 Å². The Bertz CT molecular complexity index is 1120. The number of carbonyl (C=O) groups is 3. The Hall–Kier alpha value is -4.05. The third-order valence-corrected chi connectivity index (χ3v) is 6.12. The van der Waals surface area contributed by atoms with E-state index in [2.05, 4.69) is 10.1 Å². The number of carboxylic acid groups (broad SMARTS) is 2. The fourth-order valence-electron chi connectivity index (χ4n) is 4.28. The summed E-state index contributed by atoms with van der Waals surface area (Å²) >= 11 is 0. The lowest BCUT2D eigenvalue weighted by atomic mass is 9.95. The minimum absolute atomic E-state index is 0.143. The number of carboxylic acids is 2. The SMILES string of the molecule is O=C(O)/C=C/C(=O)O.O=C1c2ccccc2CN1CC1CCN(C/C(=N/O)c2ccc(F)cc2)CC1. The zero-order chi connectivity index (χ0) is 26.1. The summed E-state index contributed by atoms with van der Waals surface area (Å²) < 4.78 is 13.1. The highest BCUT2D eigenvalue weighted by molar-refractivity contribution is 6.01. The molecule has 1 saturated heterocycles. The summed E-state index contributed by atoms with van der Waals surface area (Å²) in [5, 5.41) is 28.4. The van der Waals surface area contributed by atoms with E-state index in [1.54, 1.807) is 12.1 Å². The number of hydrogen-bond donors (Lipinski definition) is 3. The minimum Gasteiger partial charge on any atom is -0.478 e. The number of halogens is 1. The number of hydrogen-bond acceptors (Lipinski definition) is 6. The van der Waals surface area contributed by atoms with Crippen LogP contribution in [0, 0.1) is 11.7 Å². The van der Waals surface area contributed by atoms with Crippen molar-refractivity contribution in [1.29, 1.82) is 0 Å². The van der Waals surface area contributed by atoms with Gasteiger partial charge in [-0.15, -0.1) is 0 Å². The van der Waals surface area contributed by atoms with Crippen molar-refractivity contribution in [2.75, 3.05) is 26.2 Å². The van der Waals surface area contributed by atoms with Crippen molar-refractivity contribution in [2.24, 2.45) is 11.1 Å². The van der Waals surface area contributed by atoms with Crippen LogP contribution >= 0.6 is 0 Å². The third-order valence-electron chi connectivity index (χ3n) is 6.12. The van der Waals surface area contributed by atoms with Crippen LogP contribution in [0.2, 0.25) is 0 Å². The summed E-state index contributed by atoms with van der Waals surface area (Å²) in [7, 11) is 0. The highest BCUT2D eigenvalue weighted by Crippen LogP contribution is 2.26. The Balaban J connectivity index is 0.000000392. The van der Waals surface area contributed by atoms with Gasteiger partial charge in [0.2, 0.25) is 0 Å². The topological polar surface area (TPSA) is 131 Å². The smallest absolute Gasteiger partial charge is 0.328 e. The standard InChI is InChI=1S/C22H24FN3O2.C4H4O4/c23-19-7-5-17(6-8-19)21(24-28)15-25-11-9-16(10-12-25)13-26-14-18-3-1-2-4-20(18)22(26)27;5-3(6)1-2-4(7)8/h1-8,16,28H,9-15H2;1-2H,(H,5,6)(H,7,8)/b24-21-;2-1+. The lowest BCUT2D eigenvalue weighted by Crippen LogP contribution is -2.41. The van der Waals surface area contributed by atoms with Gasteiger partial charge in [0.1, 0.15) is 11.5 Å². The van der Waals surface area contributed by atoms with E-state index in [0.717, 1.165) is 49.2 Å². The molecule has 0 unspecified atom stereocenters. The van der Waals surface area contributed by atoms with E-state index in [1.165, 1.54) is 12.1 Å². The second-order valence-electron chi connectivity index (χ2n) is 8.63. The van der Waals surface area contributed by atoms with Crippen molar-refractivity contribution in [3.63, 3.8) is 0 Å². The van der Waals surface area contributed by atoms with Gasteiger partial charge in [0.05, 0.1) is 0 Å². The number of benzene rings is 2. The van der Waals surface area contributed by atoms with Crippen molar-refractivity contribution >= 4 is 23.6 Å². The van der Waals surface area contributed by atoms with Gasteiger partial charge in [-0.25, -0.2) is 14.0 Å². The van der Waals surface area contributed by atoms with E-state index < -0.39 is 11.9 Å². The van der Waals surface area contributed by atoms with Gasteiger partial charge in [0.15, 0.2) is 0 Å². The number of piperidine rings is 1. The molecule has 9 nitrogen and oxygen atoms in total. The van der Waals surface area contributed by atoms with Crippen molar-refractivity contribution in [1.82, 2.24) is 9.80 Å². The van der Waals surface area contributed by atoms with Crippen LogP contribution in [-0.2, 0) is 16.1 Å². The molecule has 0 atom stereocenters. The zero-order valence-electron chi connectivity index (χ0n) is 19.6. The Morgan fingerprint density at radius 3 is 2.17 bits per heavy atom. The molecule has 0 saturated carbocycles. The summed E-state index contributed by atoms with van der Waals surface area (Å²) in [4.78, 5) is 35.9. The molecule has 36 heavy (non-hydrogen) atoms. The maximum Gasteiger partial charge on any atom is 0.328 e. The molecule has 4 rings (SSSR count). The first-order chi connectivity index (χ1) is 17.3. The molecule has 2 heterocycles.